The van der Waals surface area contributed by atoms with Crippen molar-refractivity contribution in [1.82, 2.24) is 24.5 Å². The molecule has 0 aliphatic heterocycles. The third-order valence-electron chi connectivity index (χ3n) is 4.67. The second-order valence-corrected chi connectivity index (χ2v) is 8.78. The molecule has 0 unspecified atom stereocenters. The number of pyridine rings is 1. The zero-order valence-corrected chi connectivity index (χ0v) is 18.1. The summed E-state index contributed by atoms with van der Waals surface area (Å²) >= 11 is 0. The molecule has 162 valence electrons. The quantitative estimate of drug-likeness (QED) is 0.674. The van der Waals surface area contributed by atoms with E-state index < -0.39 is 11.7 Å². The topological polar surface area (TPSA) is 104 Å². The third-order valence-corrected chi connectivity index (χ3v) is 4.67. The fraction of sp³-hybridized carbons (Fsp3) is 0.409. The van der Waals surface area contributed by atoms with Crippen LogP contribution in [0.3, 0.4) is 0 Å². The van der Waals surface area contributed by atoms with Crippen molar-refractivity contribution in [2.24, 2.45) is 0 Å². The molecule has 1 saturated carbocycles. The lowest BCUT2D eigenvalue weighted by atomic mass is 10.2. The Labute approximate surface area is 180 Å². The molecule has 1 fully saturated rings. The van der Waals surface area contributed by atoms with Crippen molar-refractivity contribution >= 4 is 17.8 Å². The van der Waals surface area contributed by atoms with Crippen molar-refractivity contribution in [3.8, 4) is 5.82 Å². The summed E-state index contributed by atoms with van der Waals surface area (Å²) in [7, 11) is 0. The van der Waals surface area contributed by atoms with Gasteiger partial charge in [0.15, 0.2) is 5.82 Å². The van der Waals surface area contributed by atoms with Crippen molar-refractivity contribution in [1.29, 1.82) is 0 Å². The van der Waals surface area contributed by atoms with E-state index >= 15 is 0 Å². The number of nitrogens with one attached hydrogen (secondary N) is 1. The van der Waals surface area contributed by atoms with Crippen LogP contribution >= 0.6 is 0 Å². The molecule has 3 aromatic rings. The summed E-state index contributed by atoms with van der Waals surface area (Å²) < 4.78 is 8.20. The van der Waals surface area contributed by atoms with Gasteiger partial charge in [0.1, 0.15) is 11.4 Å². The number of hydrogen-bond donors (Lipinski definition) is 1. The Balaban J connectivity index is 1.48. The maximum absolute atomic E-state index is 12.7. The molecule has 0 radical (unpaired) electrons. The minimum Gasteiger partial charge on any atom is -0.442 e. The van der Waals surface area contributed by atoms with E-state index in [1.165, 1.54) is 0 Å². The number of aryl methyl sites for hydroxylation is 1. The molecule has 1 aliphatic carbocycles. The summed E-state index contributed by atoms with van der Waals surface area (Å²) in [4.78, 5) is 29.7. The number of amides is 1. The fourth-order valence-corrected chi connectivity index (χ4v) is 3.12. The van der Waals surface area contributed by atoms with E-state index in [0.29, 0.717) is 17.6 Å². The van der Waals surface area contributed by atoms with Gasteiger partial charge < -0.3 is 10.1 Å². The van der Waals surface area contributed by atoms with Gasteiger partial charge in [-0.2, -0.15) is 10.2 Å². The zero-order valence-electron chi connectivity index (χ0n) is 18.1. The Bertz CT molecular complexity index is 1120. The van der Waals surface area contributed by atoms with E-state index in [1.54, 1.807) is 43.9 Å². The third kappa shape index (κ3) is 5.17. The molecule has 9 nitrogen and oxygen atoms in total. The van der Waals surface area contributed by atoms with E-state index in [4.69, 9.17) is 4.74 Å². The van der Waals surface area contributed by atoms with E-state index in [1.807, 2.05) is 25.1 Å². The molecular weight excluding hydrogens is 396 g/mol. The van der Waals surface area contributed by atoms with Gasteiger partial charge in [-0.3, -0.25) is 4.79 Å². The number of aromatic nitrogens is 5. The number of carbonyl (C=O) groups excluding carboxylic acids is 2. The number of hydrogen-bond acceptors (Lipinski definition) is 6. The van der Waals surface area contributed by atoms with Crippen LogP contribution < -0.4 is 5.32 Å². The first kappa shape index (κ1) is 20.8. The standard InChI is InChI=1S/C22H26N6O3/c1-14-6-5-7-18(24-14)27-13-15(12-23-27)10-20(29)25-19-11-17(16-8-9-16)26-28(19)21(30)31-22(2,3)4/h5-7,11-13,16H,8-10H2,1-4H3,(H,25,29). The molecule has 3 heterocycles. The van der Waals surface area contributed by atoms with Gasteiger partial charge in [0, 0.05) is 23.9 Å². The fourth-order valence-electron chi connectivity index (χ4n) is 3.12. The molecular formula is C22H26N6O3. The Morgan fingerprint density at radius 2 is 2.03 bits per heavy atom. The van der Waals surface area contributed by atoms with Gasteiger partial charge in [-0.25, -0.2) is 14.5 Å². The summed E-state index contributed by atoms with van der Waals surface area (Å²) in [5.41, 5.74) is 1.74. The molecule has 4 rings (SSSR count). The van der Waals surface area contributed by atoms with Crippen LogP contribution in [0.4, 0.5) is 10.6 Å². The number of carbonyl (C=O) groups is 2. The second kappa shape index (κ2) is 7.98. The Kier molecular flexibility index (Phi) is 5.34. The highest BCUT2D eigenvalue weighted by atomic mass is 16.6. The number of rotatable bonds is 5. The SMILES string of the molecule is Cc1cccc(-n2cc(CC(=O)Nc3cc(C4CC4)nn3C(=O)OC(C)(C)C)cn2)n1. The van der Waals surface area contributed by atoms with E-state index in [-0.39, 0.29) is 12.3 Å². The lowest BCUT2D eigenvalue weighted by Crippen LogP contribution is -2.29. The molecule has 0 aromatic carbocycles. The predicted molar refractivity (Wildman–Crippen MR) is 114 cm³/mol. The summed E-state index contributed by atoms with van der Waals surface area (Å²) in [6.07, 6.45) is 4.94. The monoisotopic (exact) mass is 422 g/mol. The van der Waals surface area contributed by atoms with Gasteiger partial charge in [0.2, 0.25) is 5.91 Å². The van der Waals surface area contributed by atoms with Crippen LogP contribution in [0.5, 0.6) is 0 Å². The highest BCUT2D eigenvalue weighted by molar-refractivity contribution is 5.93. The van der Waals surface area contributed by atoms with Gasteiger partial charge in [-0.05, 0) is 58.2 Å². The van der Waals surface area contributed by atoms with Crippen LogP contribution in [-0.4, -0.2) is 42.1 Å². The molecule has 1 amide bonds. The molecule has 0 spiro atoms. The zero-order chi connectivity index (χ0) is 22.2. The van der Waals surface area contributed by atoms with Gasteiger partial charge in [0.25, 0.3) is 0 Å². The van der Waals surface area contributed by atoms with Crippen LogP contribution in [-0.2, 0) is 16.0 Å². The molecule has 1 aliphatic rings. The predicted octanol–water partition coefficient (Wildman–Crippen LogP) is 3.61. The molecule has 31 heavy (non-hydrogen) atoms. The number of nitrogens with zero attached hydrogens (tertiary/aromatic N) is 5. The van der Waals surface area contributed by atoms with E-state index in [0.717, 1.165) is 34.5 Å². The van der Waals surface area contributed by atoms with Gasteiger partial charge >= 0.3 is 6.09 Å². The first-order valence-electron chi connectivity index (χ1n) is 10.3. The second-order valence-electron chi connectivity index (χ2n) is 8.78. The first-order chi connectivity index (χ1) is 14.7. The van der Waals surface area contributed by atoms with E-state index in [2.05, 4.69) is 20.5 Å². The number of anilines is 1. The van der Waals surface area contributed by atoms with Crippen LogP contribution in [0.25, 0.3) is 5.82 Å². The number of ether oxygens (including phenoxy) is 1. The molecule has 9 heteroatoms. The minimum absolute atomic E-state index is 0.101. The molecule has 0 atom stereocenters. The van der Waals surface area contributed by atoms with Crippen LogP contribution in [0.1, 0.15) is 56.5 Å². The Morgan fingerprint density at radius 1 is 1.26 bits per heavy atom. The normalized spacial score (nSPS) is 13.8. The Hall–Kier alpha value is -3.49. The summed E-state index contributed by atoms with van der Waals surface area (Å²) in [5.74, 6) is 1.06. The van der Waals surface area contributed by atoms with Crippen LogP contribution in [0, 0.1) is 6.92 Å². The molecule has 0 bridgehead atoms. The van der Waals surface area contributed by atoms with Crippen molar-refractivity contribution in [3.63, 3.8) is 0 Å². The average molecular weight is 422 g/mol. The highest BCUT2D eigenvalue weighted by Crippen LogP contribution is 2.40. The first-order valence-corrected chi connectivity index (χ1v) is 10.3. The van der Waals surface area contributed by atoms with Crippen molar-refractivity contribution in [2.75, 3.05) is 5.32 Å². The van der Waals surface area contributed by atoms with Crippen LogP contribution in [0.2, 0.25) is 0 Å². The maximum Gasteiger partial charge on any atom is 0.437 e. The van der Waals surface area contributed by atoms with Gasteiger partial charge in [0.05, 0.1) is 18.3 Å². The molecule has 0 saturated heterocycles. The summed E-state index contributed by atoms with van der Waals surface area (Å²) in [5, 5.41) is 11.5. The highest BCUT2D eigenvalue weighted by Gasteiger charge is 2.30. The van der Waals surface area contributed by atoms with Crippen molar-refractivity contribution in [3.05, 3.63) is 53.6 Å². The van der Waals surface area contributed by atoms with Crippen LogP contribution in [0.15, 0.2) is 36.7 Å². The molecule has 3 aromatic heterocycles. The smallest absolute Gasteiger partial charge is 0.437 e. The maximum atomic E-state index is 12.7. The van der Waals surface area contributed by atoms with Crippen molar-refractivity contribution in [2.45, 2.75) is 58.5 Å². The largest absolute Gasteiger partial charge is 0.442 e. The van der Waals surface area contributed by atoms with Gasteiger partial charge in [-0.15, -0.1) is 4.68 Å². The summed E-state index contributed by atoms with van der Waals surface area (Å²) in [6, 6.07) is 7.41. The average Bonchev–Trinajstić information content (AvgIpc) is 3.28. The van der Waals surface area contributed by atoms with Crippen molar-refractivity contribution < 1.29 is 14.3 Å². The minimum atomic E-state index is -0.664. The lowest BCUT2D eigenvalue weighted by Gasteiger charge is -2.19. The molecule has 1 N–H and O–H groups in total. The Morgan fingerprint density at radius 3 is 2.71 bits per heavy atom. The lowest BCUT2D eigenvalue weighted by molar-refractivity contribution is -0.115. The van der Waals surface area contributed by atoms with E-state index in [9.17, 15) is 9.59 Å². The summed E-state index contributed by atoms with van der Waals surface area (Å²) in [6.45, 7) is 7.27. The van der Waals surface area contributed by atoms with Gasteiger partial charge in [-0.1, -0.05) is 6.07 Å².